The number of methoxy groups -OCH3 is 2. The van der Waals surface area contributed by atoms with E-state index < -0.39 is 0 Å². The Morgan fingerprint density at radius 1 is 1.23 bits per heavy atom. The summed E-state index contributed by atoms with van der Waals surface area (Å²) in [6.07, 6.45) is 1.85. The van der Waals surface area contributed by atoms with Crippen LogP contribution >= 0.6 is 12.4 Å². The molecule has 1 rings (SSSR count). The molecular weight excluding hydrogens is 304 g/mol. The molecule has 0 saturated carbocycles. The molecule has 0 aliphatic heterocycles. The van der Waals surface area contributed by atoms with Gasteiger partial charge in [-0.2, -0.15) is 0 Å². The third-order valence-electron chi connectivity index (χ3n) is 3.99. The Balaban J connectivity index is 0.00000441. The number of rotatable bonds is 8. The minimum Gasteiger partial charge on any atom is -0.497 e. The van der Waals surface area contributed by atoms with Crippen LogP contribution in [0.1, 0.15) is 32.3 Å². The number of halogens is 1. The van der Waals surface area contributed by atoms with Crippen LogP contribution in [0, 0.1) is 0 Å². The molecule has 6 heteroatoms. The van der Waals surface area contributed by atoms with Crippen LogP contribution in [0.4, 0.5) is 0 Å². The lowest BCUT2D eigenvalue weighted by Crippen LogP contribution is -2.53. The number of hydrogen-bond donors (Lipinski definition) is 2. The summed E-state index contributed by atoms with van der Waals surface area (Å²) in [7, 11) is 3.19. The molecule has 0 aliphatic carbocycles. The zero-order valence-corrected chi connectivity index (χ0v) is 14.6. The average Bonchev–Trinajstić information content (AvgIpc) is 2.52. The summed E-state index contributed by atoms with van der Waals surface area (Å²) in [5.41, 5.74) is 6.28. The van der Waals surface area contributed by atoms with Crippen LogP contribution in [0.2, 0.25) is 0 Å². The van der Waals surface area contributed by atoms with E-state index in [2.05, 4.69) is 5.32 Å². The Bertz CT molecular complexity index is 468. The number of carbonyl (C=O) groups is 1. The van der Waals surface area contributed by atoms with Gasteiger partial charge in [-0.15, -0.1) is 12.4 Å². The summed E-state index contributed by atoms with van der Waals surface area (Å²) in [5.74, 6) is 1.32. The van der Waals surface area contributed by atoms with Crippen molar-refractivity contribution in [2.75, 3.05) is 20.8 Å². The minimum absolute atomic E-state index is 0. The van der Waals surface area contributed by atoms with Crippen LogP contribution in [-0.4, -0.2) is 32.2 Å². The Morgan fingerprint density at radius 2 is 1.86 bits per heavy atom. The summed E-state index contributed by atoms with van der Waals surface area (Å²) >= 11 is 0. The lowest BCUT2D eigenvalue weighted by molar-refractivity contribution is -0.122. The number of nitrogens with two attached hydrogens (primary N) is 1. The number of hydrogen-bond acceptors (Lipinski definition) is 4. The maximum atomic E-state index is 12.3. The Labute approximate surface area is 139 Å². The summed E-state index contributed by atoms with van der Waals surface area (Å²) in [6, 6.07) is 5.43. The molecule has 0 fully saturated rings. The highest BCUT2D eigenvalue weighted by atomic mass is 35.5. The van der Waals surface area contributed by atoms with Crippen molar-refractivity contribution in [2.45, 2.75) is 38.6 Å². The van der Waals surface area contributed by atoms with E-state index in [1.54, 1.807) is 20.3 Å². The highest BCUT2D eigenvalue weighted by Gasteiger charge is 2.26. The van der Waals surface area contributed by atoms with Gasteiger partial charge < -0.3 is 20.5 Å². The molecular formula is C16H27ClN2O3. The molecule has 0 saturated heterocycles. The summed E-state index contributed by atoms with van der Waals surface area (Å²) in [5, 5.41) is 3.06. The largest absolute Gasteiger partial charge is 0.497 e. The van der Waals surface area contributed by atoms with Crippen LogP contribution in [0.15, 0.2) is 18.2 Å². The molecule has 1 amide bonds. The first-order valence-corrected chi connectivity index (χ1v) is 7.26. The smallest absolute Gasteiger partial charge is 0.225 e. The molecule has 0 aromatic heterocycles. The van der Waals surface area contributed by atoms with Crippen LogP contribution < -0.4 is 20.5 Å². The number of carbonyl (C=O) groups excluding carboxylic acids is 1. The van der Waals surface area contributed by atoms with Gasteiger partial charge in [0, 0.05) is 12.1 Å². The highest BCUT2D eigenvalue weighted by molar-refractivity contribution is 5.85. The van der Waals surface area contributed by atoms with E-state index in [-0.39, 0.29) is 30.3 Å². The first-order chi connectivity index (χ1) is 10.0. The number of benzene rings is 1. The monoisotopic (exact) mass is 330 g/mol. The molecule has 0 radical (unpaired) electrons. The van der Waals surface area contributed by atoms with Gasteiger partial charge in [0.2, 0.25) is 5.91 Å². The Kier molecular flexibility index (Phi) is 8.90. The first-order valence-electron chi connectivity index (χ1n) is 7.26. The van der Waals surface area contributed by atoms with Crippen LogP contribution in [0.5, 0.6) is 11.5 Å². The van der Waals surface area contributed by atoms with Gasteiger partial charge in [-0.3, -0.25) is 4.79 Å². The summed E-state index contributed by atoms with van der Waals surface area (Å²) in [4.78, 5) is 12.3. The zero-order chi connectivity index (χ0) is 15.9. The molecule has 0 heterocycles. The van der Waals surface area contributed by atoms with Crippen molar-refractivity contribution in [3.8, 4) is 11.5 Å². The molecule has 1 aromatic rings. The maximum absolute atomic E-state index is 12.3. The fourth-order valence-electron chi connectivity index (χ4n) is 2.30. The van der Waals surface area contributed by atoms with Crippen LogP contribution in [-0.2, 0) is 11.2 Å². The van der Waals surface area contributed by atoms with E-state index in [0.717, 1.165) is 18.4 Å². The number of amides is 1. The van der Waals surface area contributed by atoms with Gasteiger partial charge in [0.15, 0.2) is 0 Å². The van der Waals surface area contributed by atoms with Crippen molar-refractivity contribution in [1.82, 2.24) is 5.32 Å². The SMILES string of the molecule is CCC(CC)(CN)NC(=O)Cc1cc(OC)ccc1OC.Cl. The molecule has 0 aliphatic rings. The normalized spacial score (nSPS) is 10.6. The van der Waals surface area contributed by atoms with Crippen molar-refractivity contribution in [3.63, 3.8) is 0 Å². The molecule has 1 aromatic carbocycles. The fourth-order valence-corrected chi connectivity index (χ4v) is 2.30. The van der Waals surface area contributed by atoms with E-state index in [0.29, 0.717) is 18.0 Å². The second-order valence-electron chi connectivity index (χ2n) is 5.09. The molecule has 0 unspecified atom stereocenters. The van der Waals surface area contributed by atoms with Crippen molar-refractivity contribution >= 4 is 18.3 Å². The predicted octanol–water partition coefficient (Wildman–Crippen LogP) is 2.30. The van der Waals surface area contributed by atoms with Crippen molar-refractivity contribution in [2.24, 2.45) is 5.73 Å². The highest BCUT2D eigenvalue weighted by Crippen LogP contribution is 2.24. The van der Waals surface area contributed by atoms with Gasteiger partial charge in [0.05, 0.1) is 26.2 Å². The molecule has 0 bridgehead atoms. The molecule has 5 nitrogen and oxygen atoms in total. The third-order valence-corrected chi connectivity index (χ3v) is 3.99. The maximum Gasteiger partial charge on any atom is 0.225 e. The van der Waals surface area contributed by atoms with Gasteiger partial charge >= 0.3 is 0 Å². The Hall–Kier alpha value is -1.46. The van der Waals surface area contributed by atoms with E-state index in [4.69, 9.17) is 15.2 Å². The topological polar surface area (TPSA) is 73.6 Å². The fraction of sp³-hybridized carbons (Fsp3) is 0.562. The number of ether oxygens (including phenoxy) is 2. The Morgan fingerprint density at radius 3 is 2.32 bits per heavy atom. The molecule has 126 valence electrons. The lowest BCUT2D eigenvalue weighted by Gasteiger charge is -2.31. The summed E-state index contributed by atoms with van der Waals surface area (Å²) in [6.45, 7) is 4.49. The van der Waals surface area contributed by atoms with Gasteiger partial charge in [-0.25, -0.2) is 0 Å². The molecule has 0 spiro atoms. The second kappa shape index (κ2) is 9.54. The van der Waals surface area contributed by atoms with Gasteiger partial charge in [0.1, 0.15) is 11.5 Å². The van der Waals surface area contributed by atoms with E-state index in [9.17, 15) is 4.79 Å². The average molecular weight is 331 g/mol. The molecule has 3 N–H and O–H groups in total. The van der Waals surface area contributed by atoms with E-state index in [1.165, 1.54) is 0 Å². The van der Waals surface area contributed by atoms with E-state index >= 15 is 0 Å². The van der Waals surface area contributed by atoms with Crippen molar-refractivity contribution in [1.29, 1.82) is 0 Å². The van der Waals surface area contributed by atoms with Gasteiger partial charge in [0.25, 0.3) is 0 Å². The standard InChI is InChI=1S/C16H26N2O3.ClH/c1-5-16(6-2,11-17)18-15(19)10-12-9-13(20-3)7-8-14(12)21-4;/h7-9H,5-6,10-11,17H2,1-4H3,(H,18,19);1H. The summed E-state index contributed by atoms with van der Waals surface area (Å²) < 4.78 is 10.5. The molecule has 22 heavy (non-hydrogen) atoms. The van der Waals surface area contributed by atoms with Crippen molar-refractivity contribution in [3.05, 3.63) is 23.8 Å². The second-order valence-corrected chi connectivity index (χ2v) is 5.09. The third kappa shape index (κ3) is 5.07. The van der Waals surface area contributed by atoms with E-state index in [1.807, 2.05) is 26.0 Å². The van der Waals surface area contributed by atoms with Crippen LogP contribution in [0.25, 0.3) is 0 Å². The molecule has 0 atom stereocenters. The predicted molar refractivity (Wildman–Crippen MR) is 91.0 cm³/mol. The van der Waals surface area contributed by atoms with Crippen LogP contribution in [0.3, 0.4) is 0 Å². The first kappa shape index (κ1) is 20.5. The minimum atomic E-state index is -0.330. The quantitative estimate of drug-likeness (QED) is 0.767. The van der Waals surface area contributed by atoms with Gasteiger partial charge in [-0.05, 0) is 31.0 Å². The number of nitrogens with one attached hydrogen (secondary N) is 1. The lowest BCUT2D eigenvalue weighted by atomic mass is 9.92. The zero-order valence-electron chi connectivity index (χ0n) is 13.8. The van der Waals surface area contributed by atoms with Crippen molar-refractivity contribution < 1.29 is 14.3 Å². The van der Waals surface area contributed by atoms with Gasteiger partial charge in [-0.1, -0.05) is 13.8 Å².